The second-order valence-corrected chi connectivity index (χ2v) is 7.18. The van der Waals surface area contributed by atoms with Gasteiger partial charge in [0.2, 0.25) is 5.91 Å². The average molecular weight is 406 g/mol. The van der Waals surface area contributed by atoms with Gasteiger partial charge in [0.05, 0.1) is 6.61 Å². The first-order valence-corrected chi connectivity index (χ1v) is 9.77. The molecule has 0 fully saturated rings. The number of anilines is 3. The minimum atomic E-state index is -0.725. The van der Waals surface area contributed by atoms with Crippen LogP contribution in [-0.4, -0.2) is 34.4 Å². The monoisotopic (exact) mass is 406 g/mol. The van der Waals surface area contributed by atoms with Crippen molar-refractivity contribution in [3.05, 3.63) is 63.6 Å². The Morgan fingerprint density at radius 2 is 2.03 bits per heavy atom. The molecule has 154 valence electrons. The maximum atomic E-state index is 13.1. The number of carbonyl (C=O) groups is 2. The Morgan fingerprint density at radius 1 is 1.23 bits per heavy atom. The third-order valence-electron chi connectivity index (χ3n) is 5.07. The van der Waals surface area contributed by atoms with Crippen LogP contribution in [0, 0.1) is 6.92 Å². The number of hydrogen-bond acceptors (Lipinski definition) is 6. The molecule has 0 bridgehead atoms. The number of carbonyl (C=O) groups excluding carboxylic acids is 2. The summed E-state index contributed by atoms with van der Waals surface area (Å²) in [4.78, 5) is 43.6. The molecule has 3 heterocycles. The molecule has 1 aliphatic rings. The predicted molar refractivity (Wildman–Crippen MR) is 114 cm³/mol. The van der Waals surface area contributed by atoms with Crippen molar-refractivity contribution >= 4 is 34.7 Å². The summed E-state index contributed by atoms with van der Waals surface area (Å²) in [6, 6.07) is 9.14. The number of ether oxygens (including phenoxy) is 1. The summed E-state index contributed by atoms with van der Waals surface area (Å²) in [5, 5.41) is 3.10. The highest BCUT2D eigenvalue weighted by Gasteiger charge is 2.24. The molecule has 0 radical (unpaired) electrons. The number of esters is 1. The molecule has 0 aliphatic carbocycles. The van der Waals surface area contributed by atoms with Crippen molar-refractivity contribution in [2.45, 2.75) is 27.2 Å². The zero-order valence-electron chi connectivity index (χ0n) is 17.1. The van der Waals surface area contributed by atoms with Gasteiger partial charge in [-0.05, 0) is 55.7 Å². The van der Waals surface area contributed by atoms with E-state index in [0.29, 0.717) is 17.9 Å². The van der Waals surface area contributed by atoms with Gasteiger partial charge in [-0.1, -0.05) is 6.07 Å². The smallest absolute Gasteiger partial charge is 0.347 e. The summed E-state index contributed by atoms with van der Waals surface area (Å²) in [7, 11) is 0. The third kappa shape index (κ3) is 3.41. The molecule has 1 aliphatic heterocycles. The number of rotatable bonds is 4. The second kappa shape index (κ2) is 7.62. The molecule has 1 N–H and O–H groups in total. The highest BCUT2D eigenvalue weighted by Crippen LogP contribution is 2.31. The highest BCUT2D eigenvalue weighted by molar-refractivity contribution is 5.96. The number of hydrogen-bond donors (Lipinski definition) is 1. The lowest BCUT2D eigenvalue weighted by atomic mass is 10.1. The lowest BCUT2D eigenvalue weighted by Gasteiger charge is -2.16. The van der Waals surface area contributed by atoms with Crippen LogP contribution in [0.2, 0.25) is 0 Å². The number of nitrogens with zero attached hydrogens (tertiary/aromatic N) is 3. The van der Waals surface area contributed by atoms with E-state index in [4.69, 9.17) is 4.74 Å². The summed E-state index contributed by atoms with van der Waals surface area (Å²) in [5.74, 6) is -0.584. The SMILES string of the molecule is CCOC(=O)c1c(Nc2ccc3c(c2)CCN3C(C)=O)nc2ccc(C)cn2c1=O. The molecule has 30 heavy (non-hydrogen) atoms. The number of aromatic nitrogens is 2. The average Bonchev–Trinajstić information content (AvgIpc) is 3.12. The largest absolute Gasteiger partial charge is 0.462 e. The van der Waals surface area contributed by atoms with E-state index in [1.807, 2.05) is 25.1 Å². The molecule has 0 spiro atoms. The van der Waals surface area contributed by atoms with Gasteiger partial charge >= 0.3 is 5.97 Å². The molecule has 2 aromatic heterocycles. The number of aryl methyl sites for hydroxylation is 1. The zero-order chi connectivity index (χ0) is 21.4. The van der Waals surface area contributed by atoms with Gasteiger partial charge in [-0.25, -0.2) is 9.78 Å². The van der Waals surface area contributed by atoms with Crippen molar-refractivity contribution in [3.8, 4) is 0 Å². The van der Waals surface area contributed by atoms with Crippen LogP contribution in [0.3, 0.4) is 0 Å². The van der Waals surface area contributed by atoms with Crippen molar-refractivity contribution in [2.24, 2.45) is 0 Å². The van der Waals surface area contributed by atoms with Gasteiger partial charge in [0.1, 0.15) is 5.65 Å². The van der Waals surface area contributed by atoms with Crippen LogP contribution in [0.5, 0.6) is 0 Å². The molecule has 1 aromatic carbocycles. The van der Waals surface area contributed by atoms with E-state index >= 15 is 0 Å². The van der Waals surface area contributed by atoms with Crippen LogP contribution < -0.4 is 15.8 Å². The van der Waals surface area contributed by atoms with Gasteiger partial charge in [0, 0.05) is 31.0 Å². The molecular formula is C22H22N4O4. The van der Waals surface area contributed by atoms with Crippen LogP contribution in [0.1, 0.15) is 35.3 Å². The van der Waals surface area contributed by atoms with Gasteiger partial charge in [0.25, 0.3) is 5.56 Å². The van der Waals surface area contributed by atoms with E-state index in [-0.39, 0.29) is 23.9 Å². The molecule has 0 atom stereocenters. The van der Waals surface area contributed by atoms with Crippen molar-refractivity contribution in [2.75, 3.05) is 23.4 Å². The molecule has 8 heteroatoms. The fourth-order valence-corrected chi connectivity index (χ4v) is 3.67. The molecule has 0 saturated heterocycles. The van der Waals surface area contributed by atoms with Gasteiger partial charge < -0.3 is 15.0 Å². The lowest BCUT2D eigenvalue weighted by molar-refractivity contribution is -0.116. The lowest BCUT2D eigenvalue weighted by Crippen LogP contribution is -2.26. The van der Waals surface area contributed by atoms with Crippen LogP contribution in [-0.2, 0) is 16.0 Å². The van der Waals surface area contributed by atoms with E-state index in [1.54, 1.807) is 37.1 Å². The summed E-state index contributed by atoms with van der Waals surface area (Å²) >= 11 is 0. The van der Waals surface area contributed by atoms with E-state index in [2.05, 4.69) is 10.3 Å². The Morgan fingerprint density at radius 3 is 2.77 bits per heavy atom. The summed E-state index contributed by atoms with van der Waals surface area (Å²) in [6.45, 7) is 5.87. The van der Waals surface area contributed by atoms with Gasteiger partial charge in [-0.3, -0.25) is 14.0 Å². The molecule has 4 rings (SSSR count). The number of amides is 1. The minimum absolute atomic E-state index is 0.00133. The van der Waals surface area contributed by atoms with E-state index in [1.165, 1.54) is 4.40 Å². The first-order chi connectivity index (χ1) is 14.4. The van der Waals surface area contributed by atoms with Gasteiger partial charge in [-0.15, -0.1) is 0 Å². The van der Waals surface area contributed by atoms with Crippen molar-refractivity contribution in [1.29, 1.82) is 0 Å². The number of pyridine rings is 1. The number of benzene rings is 1. The van der Waals surface area contributed by atoms with Crippen molar-refractivity contribution < 1.29 is 14.3 Å². The van der Waals surface area contributed by atoms with Crippen molar-refractivity contribution in [1.82, 2.24) is 9.38 Å². The van der Waals surface area contributed by atoms with E-state index in [9.17, 15) is 14.4 Å². The van der Waals surface area contributed by atoms with Gasteiger partial charge in [0.15, 0.2) is 11.4 Å². The van der Waals surface area contributed by atoms with Crippen molar-refractivity contribution in [3.63, 3.8) is 0 Å². The van der Waals surface area contributed by atoms with E-state index < -0.39 is 11.5 Å². The zero-order valence-corrected chi connectivity index (χ0v) is 17.1. The van der Waals surface area contributed by atoms with Crippen LogP contribution in [0.15, 0.2) is 41.3 Å². The quantitative estimate of drug-likeness (QED) is 0.670. The predicted octanol–water partition coefficient (Wildman–Crippen LogP) is 2.83. The molecule has 1 amide bonds. The summed E-state index contributed by atoms with van der Waals surface area (Å²) in [6.07, 6.45) is 2.38. The normalized spacial score (nSPS) is 12.7. The Kier molecular flexibility index (Phi) is 4.99. The molecule has 0 saturated carbocycles. The standard InChI is InChI=1S/C22H22N4O4/c1-4-30-22(29)19-20(24-18-8-5-13(2)12-26(18)21(19)28)23-16-6-7-17-15(11-16)9-10-25(17)14(3)27/h5-8,11-12,23H,4,9-10H2,1-3H3. The van der Waals surface area contributed by atoms with Crippen LogP contribution >= 0.6 is 0 Å². The molecular weight excluding hydrogens is 384 g/mol. The Balaban J connectivity index is 1.80. The fraction of sp³-hybridized carbons (Fsp3) is 0.273. The first kappa shape index (κ1) is 19.6. The maximum absolute atomic E-state index is 13.1. The third-order valence-corrected chi connectivity index (χ3v) is 5.07. The Labute approximate surface area is 173 Å². The molecule has 8 nitrogen and oxygen atoms in total. The summed E-state index contributed by atoms with van der Waals surface area (Å²) in [5.41, 5.74) is 3.22. The molecule has 0 unspecified atom stereocenters. The topological polar surface area (TPSA) is 93.0 Å². The highest BCUT2D eigenvalue weighted by atomic mass is 16.5. The Hall–Kier alpha value is -3.68. The summed E-state index contributed by atoms with van der Waals surface area (Å²) < 4.78 is 6.45. The van der Waals surface area contributed by atoms with Gasteiger partial charge in [-0.2, -0.15) is 0 Å². The second-order valence-electron chi connectivity index (χ2n) is 7.18. The van der Waals surface area contributed by atoms with Crippen LogP contribution in [0.4, 0.5) is 17.2 Å². The first-order valence-electron chi connectivity index (χ1n) is 9.77. The van der Waals surface area contributed by atoms with E-state index in [0.717, 1.165) is 23.2 Å². The maximum Gasteiger partial charge on any atom is 0.347 e. The van der Waals surface area contributed by atoms with Crippen LogP contribution in [0.25, 0.3) is 5.65 Å². The number of nitrogens with one attached hydrogen (secondary N) is 1. The fourth-order valence-electron chi connectivity index (χ4n) is 3.67. The number of fused-ring (bicyclic) bond motifs is 2. The molecule has 3 aromatic rings. The Bertz CT molecular complexity index is 1230. The minimum Gasteiger partial charge on any atom is -0.462 e.